The molecule has 3 heterocycles. The fourth-order valence-corrected chi connectivity index (χ4v) is 5.70. The van der Waals surface area contributed by atoms with E-state index in [4.69, 9.17) is 5.26 Å². The van der Waals surface area contributed by atoms with Gasteiger partial charge in [0.1, 0.15) is 5.84 Å². The summed E-state index contributed by atoms with van der Waals surface area (Å²) in [4.78, 5) is 21.3. The van der Waals surface area contributed by atoms with Crippen molar-refractivity contribution in [2.45, 2.75) is 69.6 Å². The molecule has 1 amide bonds. The zero-order chi connectivity index (χ0) is 25.4. The number of halogens is 3. The molecule has 7 nitrogen and oxygen atoms in total. The van der Waals surface area contributed by atoms with Gasteiger partial charge in [-0.05, 0) is 57.1 Å². The lowest BCUT2D eigenvalue weighted by molar-refractivity contribution is -0.138. The van der Waals surface area contributed by atoms with Crippen molar-refractivity contribution in [2.75, 3.05) is 19.6 Å². The van der Waals surface area contributed by atoms with E-state index in [-0.39, 0.29) is 23.4 Å². The smallest absolute Gasteiger partial charge is 0.359 e. The second kappa shape index (κ2) is 9.60. The molecule has 1 saturated carbocycles. The summed E-state index contributed by atoms with van der Waals surface area (Å²) in [6.07, 6.45) is 3.76. The highest BCUT2D eigenvalue weighted by molar-refractivity contribution is 5.96. The Kier molecular flexibility index (Phi) is 6.49. The van der Waals surface area contributed by atoms with E-state index < -0.39 is 17.8 Å². The summed E-state index contributed by atoms with van der Waals surface area (Å²) >= 11 is 0. The Balaban J connectivity index is 1.40. The van der Waals surface area contributed by atoms with Crippen LogP contribution in [0.1, 0.15) is 90.6 Å². The number of carbonyl (C=O) groups is 1. The number of hydrogen-bond donors (Lipinski definition) is 0. The van der Waals surface area contributed by atoms with Crippen molar-refractivity contribution in [3.8, 4) is 6.19 Å². The number of carbonyl (C=O) groups excluding carboxylic acids is 1. The first-order chi connectivity index (χ1) is 17.3. The van der Waals surface area contributed by atoms with Gasteiger partial charge in [-0.3, -0.25) is 9.48 Å². The molecule has 190 valence electrons. The maximum absolute atomic E-state index is 13.8. The molecule has 1 aliphatic carbocycles. The minimum Gasteiger partial charge on any atom is -0.359 e. The molecule has 1 aromatic carbocycles. The highest BCUT2D eigenvalue weighted by atomic mass is 19.4. The number of alkyl halides is 3. The predicted molar refractivity (Wildman–Crippen MR) is 127 cm³/mol. The van der Waals surface area contributed by atoms with Crippen molar-refractivity contribution in [3.63, 3.8) is 0 Å². The standard InChI is InChI=1S/C26H29F3N6O/c1-17(31-16-30)33-13-10-19(11-14-33)35-24(18-8-9-18)21(15-32-35)25(36)34-12-4-7-23(34)20-5-2-3-6-22(20)26(27,28)29/h2-3,5-6,15,18-19,23H,4,7-14H2,1H3. The zero-order valence-corrected chi connectivity index (χ0v) is 20.2. The molecule has 0 radical (unpaired) electrons. The van der Waals surface area contributed by atoms with Crippen LogP contribution in [0.3, 0.4) is 0 Å². The molecular weight excluding hydrogens is 469 g/mol. The fraction of sp³-hybridized carbons (Fsp3) is 0.538. The van der Waals surface area contributed by atoms with E-state index >= 15 is 0 Å². The van der Waals surface area contributed by atoms with Crippen LogP contribution in [-0.2, 0) is 6.18 Å². The average molecular weight is 499 g/mol. The summed E-state index contributed by atoms with van der Waals surface area (Å²) in [5, 5.41) is 13.5. The highest BCUT2D eigenvalue weighted by Crippen LogP contribution is 2.45. The van der Waals surface area contributed by atoms with Crippen molar-refractivity contribution in [1.29, 1.82) is 5.26 Å². The average Bonchev–Trinajstić information content (AvgIpc) is 3.41. The van der Waals surface area contributed by atoms with Gasteiger partial charge in [-0.2, -0.15) is 28.5 Å². The fourth-order valence-electron chi connectivity index (χ4n) is 5.70. The normalized spacial score (nSPS) is 21.6. The van der Waals surface area contributed by atoms with Crippen LogP contribution in [0.5, 0.6) is 0 Å². The first-order valence-corrected chi connectivity index (χ1v) is 12.5. The number of benzene rings is 1. The van der Waals surface area contributed by atoms with E-state index in [0.717, 1.165) is 50.5 Å². The molecule has 0 spiro atoms. The number of likely N-dealkylation sites (tertiary alicyclic amines) is 2. The minimum atomic E-state index is -4.47. The molecule has 1 atom stereocenters. The lowest BCUT2D eigenvalue weighted by Gasteiger charge is -2.33. The van der Waals surface area contributed by atoms with Gasteiger partial charge < -0.3 is 9.80 Å². The summed E-state index contributed by atoms with van der Waals surface area (Å²) in [6, 6.07) is 5.12. The molecule has 36 heavy (non-hydrogen) atoms. The second-order valence-electron chi connectivity index (χ2n) is 9.88. The third-order valence-electron chi connectivity index (χ3n) is 7.65. The number of amides is 1. The predicted octanol–water partition coefficient (Wildman–Crippen LogP) is 5.29. The van der Waals surface area contributed by atoms with E-state index in [1.807, 2.05) is 17.8 Å². The minimum absolute atomic E-state index is 0.133. The van der Waals surface area contributed by atoms with Gasteiger partial charge in [0.05, 0.1) is 35.1 Å². The molecule has 0 bridgehead atoms. The van der Waals surface area contributed by atoms with Gasteiger partial charge in [0.15, 0.2) is 0 Å². The van der Waals surface area contributed by atoms with Crippen LogP contribution in [0.15, 0.2) is 35.5 Å². The third kappa shape index (κ3) is 4.59. The lowest BCUT2D eigenvalue weighted by atomic mass is 9.97. The lowest BCUT2D eigenvalue weighted by Crippen LogP contribution is -2.38. The first-order valence-electron chi connectivity index (χ1n) is 12.5. The molecule has 2 saturated heterocycles. The van der Waals surface area contributed by atoms with E-state index in [0.29, 0.717) is 30.8 Å². The molecule has 0 N–H and O–H groups in total. The van der Waals surface area contributed by atoms with Crippen LogP contribution in [0, 0.1) is 11.5 Å². The van der Waals surface area contributed by atoms with Crippen molar-refractivity contribution in [2.24, 2.45) is 4.99 Å². The van der Waals surface area contributed by atoms with Gasteiger partial charge in [-0.15, -0.1) is 0 Å². The van der Waals surface area contributed by atoms with E-state index in [9.17, 15) is 18.0 Å². The van der Waals surface area contributed by atoms with Gasteiger partial charge in [-0.1, -0.05) is 18.2 Å². The second-order valence-corrected chi connectivity index (χ2v) is 9.88. The Labute approximate surface area is 208 Å². The van der Waals surface area contributed by atoms with Gasteiger partial charge in [0, 0.05) is 25.6 Å². The number of nitrogens with zero attached hydrogens (tertiary/aromatic N) is 6. The topological polar surface area (TPSA) is 77.5 Å². The molecule has 3 fully saturated rings. The summed E-state index contributed by atoms with van der Waals surface area (Å²) in [5.74, 6) is 0.737. The number of rotatable bonds is 4. The molecule has 2 aliphatic heterocycles. The molecule has 10 heteroatoms. The molecule has 1 aromatic heterocycles. The molecule has 5 rings (SSSR count). The van der Waals surface area contributed by atoms with Gasteiger partial charge >= 0.3 is 6.18 Å². The number of aromatic nitrogens is 2. The van der Waals surface area contributed by atoms with Crippen LogP contribution in [0.4, 0.5) is 13.2 Å². The van der Waals surface area contributed by atoms with Crippen LogP contribution in [-0.4, -0.2) is 51.0 Å². The van der Waals surface area contributed by atoms with Crippen molar-refractivity contribution in [3.05, 3.63) is 52.8 Å². The summed E-state index contributed by atoms with van der Waals surface area (Å²) in [7, 11) is 0. The van der Waals surface area contributed by atoms with Crippen molar-refractivity contribution in [1.82, 2.24) is 19.6 Å². The Morgan fingerprint density at radius 1 is 1.11 bits per heavy atom. The van der Waals surface area contributed by atoms with Crippen molar-refractivity contribution < 1.29 is 18.0 Å². The third-order valence-corrected chi connectivity index (χ3v) is 7.65. The maximum Gasteiger partial charge on any atom is 0.416 e. The van der Waals surface area contributed by atoms with Crippen LogP contribution < -0.4 is 0 Å². The number of nitriles is 1. The Hall–Kier alpha value is -3.35. The van der Waals surface area contributed by atoms with Gasteiger partial charge in [-0.25, -0.2) is 0 Å². The summed E-state index contributed by atoms with van der Waals surface area (Å²) in [5.41, 5.74) is 0.946. The number of amidine groups is 1. The number of hydrogen-bond acceptors (Lipinski definition) is 4. The quantitative estimate of drug-likeness (QED) is 0.326. The summed E-state index contributed by atoms with van der Waals surface area (Å²) in [6.45, 7) is 3.75. The van der Waals surface area contributed by atoms with Crippen LogP contribution in [0.2, 0.25) is 0 Å². The Morgan fingerprint density at radius 2 is 1.83 bits per heavy atom. The van der Waals surface area contributed by atoms with E-state index in [2.05, 4.69) is 15.0 Å². The van der Waals surface area contributed by atoms with Gasteiger partial charge in [0.25, 0.3) is 5.91 Å². The van der Waals surface area contributed by atoms with Crippen LogP contribution >= 0.6 is 0 Å². The molecule has 3 aliphatic rings. The Bertz CT molecular complexity index is 1200. The number of piperidine rings is 1. The maximum atomic E-state index is 13.8. The SMILES string of the molecule is CC(=NC#N)N1CCC(n2ncc(C(=O)N3CCCC3c3ccccc3C(F)(F)F)c2C2CC2)CC1. The molecule has 2 aromatic rings. The van der Waals surface area contributed by atoms with E-state index in [1.54, 1.807) is 17.2 Å². The van der Waals surface area contributed by atoms with Gasteiger partial charge in [0.2, 0.25) is 6.19 Å². The highest BCUT2D eigenvalue weighted by Gasteiger charge is 2.41. The van der Waals surface area contributed by atoms with E-state index in [1.165, 1.54) is 12.1 Å². The molecule has 1 unspecified atom stereocenters. The molecular formula is C26H29F3N6O. The zero-order valence-electron chi connectivity index (χ0n) is 20.2. The first kappa shape index (κ1) is 24.3. The monoisotopic (exact) mass is 498 g/mol. The Morgan fingerprint density at radius 3 is 2.50 bits per heavy atom. The number of aliphatic imine (C=N–C) groups is 1. The van der Waals surface area contributed by atoms with Crippen molar-refractivity contribution >= 4 is 11.7 Å². The largest absolute Gasteiger partial charge is 0.416 e. The summed E-state index contributed by atoms with van der Waals surface area (Å²) < 4.78 is 43.1. The van der Waals surface area contributed by atoms with Crippen LogP contribution in [0.25, 0.3) is 0 Å².